The standard InChI is InChI=1S/C15H12BrNO3S/c16-12-7-6-11-9-17(10-15(18)14(11)8-12)21(19,20)13-4-2-1-3-5-13/h1-8H,9-10H2. The van der Waals surface area contributed by atoms with Crippen molar-refractivity contribution in [1.82, 2.24) is 4.31 Å². The van der Waals surface area contributed by atoms with Crippen LogP contribution in [0, 0.1) is 0 Å². The van der Waals surface area contributed by atoms with Gasteiger partial charge < -0.3 is 0 Å². The van der Waals surface area contributed by atoms with E-state index in [1.807, 2.05) is 6.07 Å². The van der Waals surface area contributed by atoms with Crippen molar-refractivity contribution in [3.63, 3.8) is 0 Å². The lowest BCUT2D eigenvalue weighted by Gasteiger charge is -2.27. The Hall–Kier alpha value is -1.50. The molecule has 0 bridgehead atoms. The maximum absolute atomic E-state index is 12.6. The number of nitrogens with zero attached hydrogens (tertiary/aromatic N) is 1. The third-order valence-corrected chi connectivity index (χ3v) is 5.72. The van der Waals surface area contributed by atoms with E-state index < -0.39 is 10.0 Å². The van der Waals surface area contributed by atoms with E-state index in [0.717, 1.165) is 10.0 Å². The van der Waals surface area contributed by atoms with E-state index in [9.17, 15) is 13.2 Å². The van der Waals surface area contributed by atoms with Crippen LogP contribution in [0.15, 0.2) is 57.9 Å². The first-order valence-electron chi connectivity index (χ1n) is 6.35. The van der Waals surface area contributed by atoms with E-state index >= 15 is 0 Å². The van der Waals surface area contributed by atoms with Crippen LogP contribution < -0.4 is 0 Å². The van der Waals surface area contributed by atoms with Gasteiger partial charge in [0.1, 0.15) is 0 Å². The average Bonchev–Trinajstić information content (AvgIpc) is 2.48. The Morgan fingerprint density at radius 2 is 1.71 bits per heavy atom. The molecule has 21 heavy (non-hydrogen) atoms. The molecule has 1 aliphatic rings. The number of Topliss-reactive ketones (excluding diaryl/α,β-unsaturated/α-hetero) is 1. The molecule has 2 aromatic rings. The summed E-state index contributed by atoms with van der Waals surface area (Å²) in [6.07, 6.45) is 0. The molecule has 4 nitrogen and oxygen atoms in total. The lowest BCUT2D eigenvalue weighted by atomic mass is 10.0. The lowest BCUT2D eigenvalue weighted by molar-refractivity contribution is 0.0949. The Balaban J connectivity index is 2.00. The van der Waals surface area contributed by atoms with Gasteiger partial charge in [-0.15, -0.1) is 0 Å². The molecule has 6 heteroatoms. The third-order valence-electron chi connectivity index (χ3n) is 3.42. The van der Waals surface area contributed by atoms with Crippen molar-refractivity contribution in [2.24, 2.45) is 0 Å². The zero-order chi connectivity index (χ0) is 15.0. The van der Waals surface area contributed by atoms with Crippen molar-refractivity contribution in [2.45, 2.75) is 11.4 Å². The number of rotatable bonds is 2. The fourth-order valence-corrected chi connectivity index (χ4v) is 4.11. The van der Waals surface area contributed by atoms with E-state index in [4.69, 9.17) is 0 Å². The van der Waals surface area contributed by atoms with Gasteiger partial charge in [0.05, 0.1) is 11.4 Å². The molecule has 108 valence electrons. The number of carbonyl (C=O) groups excluding carboxylic acids is 1. The van der Waals surface area contributed by atoms with Crippen molar-refractivity contribution in [1.29, 1.82) is 0 Å². The molecule has 0 N–H and O–H groups in total. The number of sulfonamides is 1. The van der Waals surface area contributed by atoms with Gasteiger partial charge in [0.15, 0.2) is 5.78 Å². The van der Waals surface area contributed by atoms with Crippen LogP contribution in [0.1, 0.15) is 15.9 Å². The molecule has 0 radical (unpaired) electrons. The van der Waals surface area contributed by atoms with Crippen molar-refractivity contribution in [2.75, 3.05) is 6.54 Å². The van der Waals surface area contributed by atoms with Crippen molar-refractivity contribution < 1.29 is 13.2 Å². The number of hydrogen-bond acceptors (Lipinski definition) is 3. The molecule has 1 aliphatic heterocycles. The summed E-state index contributed by atoms with van der Waals surface area (Å²) in [5, 5.41) is 0. The highest BCUT2D eigenvalue weighted by atomic mass is 79.9. The second-order valence-corrected chi connectivity index (χ2v) is 7.66. The summed E-state index contributed by atoms with van der Waals surface area (Å²) in [5.41, 5.74) is 1.32. The van der Waals surface area contributed by atoms with Gasteiger partial charge in [0.25, 0.3) is 0 Å². The van der Waals surface area contributed by atoms with Gasteiger partial charge in [0, 0.05) is 16.6 Å². The van der Waals surface area contributed by atoms with Crippen LogP contribution in [-0.2, 0) is 16.6 Å². The van der Waals surface area contributed by atoms with Crippen LogP contribution in [0.4, 0.5) is 0 Å². The van der Waals surface area contributed by atoms with E-state index in [2.05, 4.69) is 15.9 Å². The summed E-state index contributed by atoms with van der Waals surface area (Å²) in [5.74, 6) is -0.183. The van der Waals surface area contributed by atoms with Crippen LogP contribution in [0.2, 0.25) is 0 Å². The predicted octanol–water partition coefficient (Wildman–Crippen LogP) is 2.84. The zero-order valence-electron chi connectivity index (χ0n) is 11.0. The molecule has 0 saturated heterocycles. The Kier molecular flexibility index (Phi) is 3.69. The minimum absolute atomic E-state index is 0.124. The number of hydrogen-bond donors (Lipinski definition) is 0. The molecule has 0 saturated carbocycles. The highest BCUT2D eigenvalue weighted by molar-refractivity contribution is 9.10. The highest BCUT2D eigenvalue weighted by Crippen LogP contribution is 2.26. The first kappa shape index (κ1) is 14.4. The second-order valence-electron chi connectivity index (χ2n) is 4.81. The van der Waals surface area contributed by atoms with Crippen LogP contribution in [0.5, 0.6) is 0 Å². The van der Waals surface area contributed by atoms with Crippen molar-refractivity contribution in [3.05, 3.63) is 64.1 Å². The summed E-state index contributed by atoms with van der Waals surface area (Å²) in [6.45, 7) is 0.0895. The minimum atomic E-state index is -3.65. The van der Waals surface area contributed by atoms with E-state index in [0.29, 0.717) is 5.56 Å². The van der Waals surface area contributed by atoms with E-state index in [1.165, 1.54) is 16.4 Å². The van der Waals surface area contributed by atoms with E-state index in [-0.39, 0.29) is 23.8 Å². The van der Waals surface area contributed by atoms with Gasteiger partial charge in [-0.25, -0.2) is 8.42 Å². The first-order chi connectivity index (χ1) is 9.98. The topological polar surface area (TPSA) is 54.5 Å². The maximum atomic E-state index is 12.6. The fourth-order valence-electron chi connectivity index (χ4n) is 2.35. The van der Waals surface area contributed by atoms with Crippen LogP contribution in [0.3, 0.4) is 0 Å². The average molecular weight is 366 g/mol. The first-order valence-corrected chi connectivity index (χ1v) is 8.58. The second kappa shape index (κ2) is 5.36. The van der Waals surface area contributed by atoms with Gasteiger partial charge in [-0.05, 0) is 29.8 Å². The third kappa shape index (κ3) is 2.66. The minimum Gasteiger partial charge on any atom is -0.293 e. The van der Waals surface area contributed by atoms with Crippen molar-refractivity contribution >= 4 is 31.7 Å². The quantitative estimate of drug-likeness (QED) is 0.821. The molecule has 2 aromatic carbocycles. The Bertz CT molecular complexity index is 803. The Morgan fingerprint density at radius 1 is 1.00 bits per heavy atom. The molecule has 0 aromatic heterocycles. The number of halogens is 1. The Labute approximate surface area is 131 Å². The number of ketones is 1. The summed E-state index contributed by atoms with van der Waals surface area (Å²) in [4.78, 5) is 12.4. The van der Waals surface area contributed by atoms with Crippen LogP contribution >= 0.6 is 15.9 Å². The summed E-state index contributed by atoms with van der Waals surface area (Å²) in [6, 6.07) is 13.5. The normalized spacial score (nSPS) is 15.8. The summed E-state index contributed by atoms with van der Waals surface area (Å²) >= 11 is 3.33. The molecular weight excluding hydrogens is 354 g/mol. The molecule has 0 aliphatic carbocycles. The molecule has 3 rings (SSSR count). The monoisotopic (exact) mass is 365 g/mol. The molecule has 1 heterocycles. The van der Waals surface area contributed by atoms with Crippen LogP contribution in [0.25, 0.3) is 0 Å². The summed E-state index contributed by atoms with van der Waals surface area (Å²) < 4.78 is 27.2. The number of benzene rings is 2. The molecule has 0 amide bonds. The summed E-state index contributed by atoms with van der Waals surface area (Å²) in [7, 11) is -3.65. The van der Waals surface area contributed by atoms with E-state index in [1.54, 1.807) is 30.3 Å². The zero-order valence-corrected chi connectivity index (χ0v) is 13.4. The van der Waals surface area contributed by atoms with Gasteiger partial charge in [0.2, 0.25) is 10.0 Å². The molecule has 0 spiro atoms. The number of carbonyl (C=O) groups is 1. The fraction of sp³-hybridized carbons (Fsp3) is 0.133. The predicted molar refractivity (Wildman–Crippen MR) is 82.5 cm³/mol. The lowest BCUT2D eigenvalue weighted by Crippen LogP contribution is -2.39. The Morgan fingerprint density at radius 3 is 2.43 bits per heavy atom. The number of fused-ring (bicyclic) bond motifs is 1. The van der Waals surface area contributed by atoms with Gasteiger partial charge >= 0.3 is 0 Å². The molecule has 0 fully saturated rings. The van der Waals surface area contributed by atoms with Gasteiger partial charge in [-0.1, -0.05) is 40.2 Å². The van der Waals surface area contributed by atoms with Gasteiger partial charge in [-0.2, -0.15) is 4.31 Å². The highest BCUT2D eigenvalue weighted by Gasteiger charge is 2.32. The van der Waals surface area contributed by atoms with Crippen molar-refractivity contribution in [3.8, 4) is 0 Å². The largest absolute Gasteiger partial charge is 0.293 e. The molecule has 0 unspecified atom stereocenters. The van der Waals surface area contributed by atoms with Gasteiger partial charge in [-0.3, -0.25) is 4.79 Å². The van der Waals surface area contributed by atoms with Crippen LogP contribution in [-0.4, -0.2) is 25.1 Å². The molecule has 0 atom stereocenters. The SMILES string of the molecule is O=C1CN(S(=O)(=O)c2ccccc2)Cc2ccc(Br)cc21. The molecular formula is C15H12BrNO3S. The smallest absolute Gasteiger partial charge is 0.243 e. The maximum Gasteiger partial charge on any atom is 0.243 e.